The lowest BCUT2D eigenvalue weighted by atomic mass is 10.2. The fraction of sp³-hybridized carbons (Fsp3) is 0.167. The lowest BCUT2D eigenvalue weighted by Gasteiger charge is -2.08. The molecule has 1 aromatic carbocycles. The van der Waals surface area contributed by atoms with Gasteiger partial charge >= 0.3 is 5.97 Å². The van der Waals surface area contributed by atoms with Gasteiger partial charge in [-0.1, -0.05) is 6.07 Å². The summed E-state index contributed by atoms with van der Waals surface area (Å²) in [7, 11) is 0. The minimum absolute atomic E-state index is 0.0384. The van der Waals surface area contributed by atoms with E-state index in [9.17, 15) is 9.59 Å². The summed E-state index contributed by atoms with van der Waals surface area (Å²) in [5.74, 6) is -0.536. The van der Waals surface area contributed by atoms with Crippen LogP contribution in [0.5, 0.6) is 0 Å². The largest absolute Gasteiger partial charge is 0.452 e. The van der Waals surface area contributed by atoms with E-state index in [1.54, 1.807) is 35.3 Å². The molecule has 0 saturated heterocycles. The summed E-state index contributed by atoms with van der Waals surface area (Å²) in [4.78, 5) is 24.0. The van der Waals surface area contributed by atoms with Gasteiger partial charge in [0.1, 0.15) is 5.76 Å². The van der Waals surface area contributed by atoms with Crippen molar-refractivity contribution in [1.29, 1.82) is 0 Å². The number of nitrogens with zero attached hydrogens (tertiary/aromatic N) is 2. The number of rotatable bonds is 6. The Kier molecular flexibility index (Phi) is 5.52. The summed E-state index contributed by atoms with van der Waals surface area (Å²) < 4.78 is 12.8. The molecule has 134 valence electrons. The molecule has 0 aliphatic heterocycles. The third kappa shape index (κ3) is 4.60. The maximum atomic E-state index is 12.0. The van der Waals surface area contributed by atoms with E-state index in [0.717, 1.165) is 10.0 Å². The van der Waals surface area contributed by atoms with Gasteiger partial charge in [0.25, 0.3) is 5.91 Å². The molecule has 0 aliphatic carbocycles. The van der Waals surface area contributed by atoms with E-state index in [4.69, 9.17) is 9.15 Å². The molecule has 0 radical (unpaired) electrons. The lowest BCUT2D eigenvalue weighted by molar-refractivity contribution is -0.119. The normalized spacial score (nSPS) is 10.5. The number of hydrogen-bond acceptors (Lipinski definition) is 5. The average molecular weight is 418 g/mol. The monoisotopic (exact) mass is 417 g/mol. The molecule has 3 aromatic rings. The number of benzene rings is 1. The third-order valence-electron chi connectivity index (χ3n) is 3.47. The second-order valence-corrected chi connectivity index (χ2v) is 6.43. The molecule has 8 heteroatoms. The van der Waals surface area contributed by atoms with Crippen LogP contribution in [0.15, 0.2) is 57.7 Å². The SMILES string of the molecule is Cc1ccc(NC(=O)COC(=O)c2ccc(Cn3cccn3)o2)c(Br)c1. The number of aromatic nitrogens is 2. The lowest BCUT2D eigenvalue weighted by Crippen LogP contribution is -2.21. The minimum Gasteiger partial charge on any atom is -0.452 e. The molecule has 2 aromatic heterocycles. The number of halogens is 1. The maximum Gasteiger partial charge on any atom is 0.374 e. The van der Waals surface area contributed by atoms with E-state index in [0.29, 0.717) is 18.0 Å². The Labute approximate surface area is 158 Å². The van der Waals surface area contributed by atoms with Crippen LogP contribution in [-0.4, -0.2) is 28.3 Å². The van der Waals surface area contributed by atoms with Crippen LogP contribution in [0.4, 0.5) is 5.69 Å². The van der Waals surface area contributed by atoms with Crippen LogP contribution in [0.3, 0.4) is 0 Å². The molecule has 3 rings (SSSR count). The van der Waals surface area contributed by atoms with Crippen LogP contribution in [0, 0.1) is 6.92 Å². The molecule has 0 bridgehead atoms. The zero-order valence-corrected chi connectivity index (χ0v) is 15.5. The topological polar surface area (TPSA) is 86.4 Å². The molecule has 0 unspecified atom stereocenters. The van der Waals surface area contributed by atoms with Gasteiger partial charge in [-0.25, -0.2) is 4.79 Å². The highest BCUT2D eigenvalue weighted by molar-refractivity contribution is 9.10. The highest BCUT2D eigenvalue weighted by Gasteiger charge is 2.15. The second-order valence-electron chi connectivity index (χ2n) is 5.58. The van der Waals surface area contributed by atoms with Gasteiger partial charge < -0.3 is 14.5 Å². The van der Waals surface area contributed by atoms with Crippen molar-refractivity contribution in [2.24, 2.45) is 0 Å². The second kappa shape index (κ2) is 8.01. The van der Waals surface area contributed by atoms with Crippen LogP contribution in [0.25, 0.3) is 0 Å². The first-order valence-electron chi connectivity index (χ1n) is 7.80. The number of amides is 1. The summed E-state index contributed by atoms with van der Waals surface area (Å²) in [6, 6.07) is 10.5. The molecule has 1 N–H and O–H groups in total. The van der Waals surface area contributed by atoms with Crippen LogP contribution in [-0.2, 0) is 16.1 Å². The molecular formula is C18H16BrN3O4. The van der Waals surface area contributed by atoms with Gasteiger partial charge in [0.2, 0.25) is 5.76 Å². The van der Waals surface area contributed by atoms with Gasteiger partial charge in [0.15, 0.2) is 6.61 Å². The smallest absolute Gasteiger partial charge is 0.374 e. The first kappa shape index (κ1) is 17.9. The molecule has 7 nitrogen and oxygen atoms in total. The Bertz CT molecular complexity index is 918. The fourth-order valence-electron chi connectivity index (χ4n) is 2.24. The van der Waals surface area contributed by atoms with Gasteiger partial charge in [-0.3, -0.25) is 9.48 Å². The van der Waals surface area contributed by atoms with E-state index in [2.05, 4.69) is 26.3 Å². The molecule has 0 spiro atoms. The number of nitrogens with one attached hydrogen (secondary N) is 1. The first-order valence-corrected chi connectivity index (χ1v) is 8.60. The standard InChI is InChI=1S/C18H16BrN3O4/c1-12-3-5-15(14(19)9-12)21-17(23)11-25-18(24)16-6-4-13(26-16)10-22-8-2-7-20-22/h2-9H,10-11H2,1H3,(H,21,23). The molecule has 0 saturated carbocycles. The van der Waals surface area contributed by atoms with Crippen LogP contribution >= 0.6 is 15.9 Å². The zero-order chi connectivity index (χ0) is 18.5. The average Bonchev–Trinajstić information content (AvgIpc) is 3.28. The molecular weight excluding hydrogens is 402 g/mol. The number of carbonyl (C=O) groups excluding carboxylic acids is 2. The van der Waals surface area contributed by atoms with Crippen LogP contribution in [0.2, 0.25) is 0 Å². The van der Waals surface area contributed by atoms with Crippen LogP contribution < -0.4 is 5.32 Å². The molecule has 2 heterocycles. The highest BCUT2D eigenvalue weighted by Crippen LogP contribution is 2.23. The van der Waals surface area contributed by atoms with Crippen molar-refractivity contribution >= 4 is 33.5 Å². The van der Waals surface area contributed by atoms with Crippen molar-refractivity contribution in [2.75, 3.05) is 11.9 Å². The Morgan fingerprint density at radius 1 is 1.31 bits per heavy atom. The Hall–Kier alpha value is -2.87. The van der Waals surface area contributed by atoms with E-state index in [1.807, 2.05) is 19.1 Å². The summed E-state index contributed by atoms with van der Waals surface area (Å²) in [6.07, 6.45) is 3.44. The number of carbonyl (C=O) groups is 2. The number of esters is 1. The molecule has 0 atom stereocenters. The molecule has 1 amide bonds. The van der Waals surface area contributed by atoms with Crippen molar-refractivity contribution in [3.8, 4) is 0 Å². The van der Waals surface area contributed by atoms with Crippen molar-refractivity contribution in [3.63, 3.8) is 0 Å². The number of aryl methyl sites for hydroxylation is 1. The summed E-state index contributed by atoms with van der Waals surface area (Å²) in [5, 5.41) is 6.74. The predicted octanol–water partition coefficient (Wildman–Crippen LogP) is 3.39. The number of furan rings is 1. The fourth-order valence-corrected chi connectivity index (χ4v) is 2.83. The summed E-state index contributed by atoms with van der Waals surface area (Å²) in [5.41, 5.74) is 1.67. The van der Waals surface area contributed by atoms with Gasteiger partial charge in [0.05, 0.1) is 12.2 Å². The molecule has 26 heavy (non-hydrogen) atoms. The van der Waals surface area contributed by atoms with Crippen molar-refractivity contribution in [2.45, 2.75) is 13.5 Å². The van der Waals surface area contributed by atoms with Gasteiger partial charge in [-0.15, -0.1) is 0 Å². The van der Waals surface area contributed by atoms with Crippen molar-refractivity contribution in [3.05, 3.63) is 70.3 Å². The third-order valence-corrected chi connectivity index (χ3v) is 4.13. The quantitative estimate of drug-likeness (QED) is 0.621. The van der Waals surface area contributed by atoms with Crippen molar-refractivity contribution < 1.29 is 18.7 Å². The number of hydrogen-bond donors (Lipinski definition) is 1. The van der Waals surface area contributed by atoms with E-state index >= 15 is 0 Å². The Balaban J connectivity index is 1.52. The van der Waals surface area contributed by atoms with Gasteiger partial charge in [-0.05, 0) is 58.7 Å². The summed E-state index contributed by atoms with van der Waals surface area (Å²) >= 11 is 3.37. The predicted molar refractivity (Wildman–Crippen MR) is 97.8 cm³/mol. The maximum absolute atomic E-state index is 12.0. The zero-order valence-electron chi connectivity index (χ0n) is 13.9. The minimum atomic E-state index is -0.699. The molecule has 0 aliphatic rings. The van der Waals surface area contributed by atoms with E-state index < -0.39 is 18.5 Å². The molecule has 0 fully saturated rings. The van der Waals surface area contributed by atoms with E-state index in [1.165, 1.54) is 6.07 Å². The highest BCUT2D eigenvalue weighted by atomic mass is 79.9. The van der Waals surface area contributed by atoms with E-state index in [-0.39, 0.29) is 5.76 Å². The van der Waals surface area contributed by atoms with Crippen molar-refractivity contribution in [1.82, 2.24) is 9.78 Å². The Morgan fingerprint density at radius 3 is 2.88 bits per heavy atom. The van der Waals surface area contributed by atoms with Gasteiger partial charge in [-0.2, -0.15) is 5.10 Å². The Morgan fingerprint density at radius 2 is 2.15 bits per heavy atom. The van der Waals surface area contributed by atoms with Crippen LogP contribution in [0.1, 0.15) is 21.9 Å². The number of ether oxygens (including phenoxy) is 1. The number of anilines is 1. The first-order chi connectivity index (χ1) is 12.5. The van der Waals surface area contributed by atoms with Gasteiger partial charge in [0, 0.05) is 16.9 Å². The summed E-state index contributed by atoms with van der Waals surface area (Å²) in [6.45, 7) is 1.94.